The topological polar surface area (TPSA) is 116 Å². The van der Waals surface area contributed by atoms with Gasteiger partial charge in [0.2, 0.25) is 11.9 Å². The van der Waals surface area contributed by atoms with Gasteiger partial charge in [0.1, 0.15) is 0 Å². The monoisotopic (exact) mass is 566 g/mol. The summed E-state index contributed by atoms with van der Waals surface area (Å²) in [5, 5.41) is 9.56. The van der Waals surface area contributed by atoms with Gasteiger partial charge in [-0.3, -0.25) is 4.79 Å². The highest BCUT2D eigenvalue weighted by Gasteiger charge is 2.21. The molecule has 1 fully saturated rings. The molecule has 0 aliphatic carbocycles. The minimum absolute atomic E-state index is 0. The van der Waals surface area contributed by atoms with Gasteiger partial charge in [-0.05, 0) is 35.4 Å². The molecule has 0 spiro atoms. The Morgan fingerprint density at radius 2 is 1.65 bits per heavy atom. The molecule has 1 amide bonds. The molecule has 0 saturated carbocycles. The summed E-state index contributed by atoms with van der Waals surface area (Å²) < 4.78 is 0. The fraction of sp³-hybridized carbons (Fsp3) is 0.280. The summed E-state index contributed by atoms with van der Waals surface area (Å²) >= 11 is 6.33. The number of hydrogen-bond donors (Lipinski definition) is 2. The van der Waals surface area contributed by atoms with E-state index < -0.39 is 5.97 Å². The van der Waals surface area contributed by atoms with Crippen LogP contribution in [0.4, 0.5) is 11.6 Å². The second-order valence-electron chi connectivity index (χ2n) is 8.37. The highest BCUT2D eigenvalue weighted by molar-refractivity contribution is 6.33. The van der Waals surface area contributed by atoms with E-state index >= 15 is 0 Å². The molecule has 3 N–H and O–H groups in total. The maximum atomic E-state index is 11.8. The quantitative estimate of drug-likeness (QED) is 0.445. The minimum atomic E-state index is -0.996. The van der Waals surface area contributed by atoms with Gasteiger partial charge in [0.25, 0.3) is 0 Å². The Morgan fingerprint density at radius 3 is 2.24 bits per heavy atom. The van der Waals surface area contributed by atoms with E-state index in [1.807, 2.05) is 36.7 Å². The zero-order valence-corrected chi connectivity index (χ0v) is 22.6. The first-order chi connectivity index (χ1) is 16.9. The third-order valence-corrected chi connectivity index (χ3v) is 6.32. The summed E-state index contributed by atoms with van der Waals surface area (Å²) in [5.74, 6) is -0.447. The van der Waals surface area contributed by atoms with Crippen molar-refractivity contribution in [3.63, 3.8) is 0 Å². The number of halogens is 3. The van der Waals surface area contributed by atoms with E-state index in [9.17, 15) is 9.59 Å². The number of carbonyl (C=O) groups is 2. The zero-order chi connectivity index (χ0) is 24.9. The number of aromatic carboxylic acids is 1. The predicted molar refractivity (Wildman–Crippen MR) is 150 cm³/mol. The number of nitrogens with zero attached hydrogens (tertiary/aromatic N) is 5. The summed E-state index contributed by atoms with van der Waals surface area (Å²) in [7, 11) is 1.73. The average molecular weight is 568 g/mol. The molecule has 12 heteroatoms. The molecule has 2 aromatic carbocycles. The number of carbonyl (C=O) groups excluding carboxylic acids is 1. The number of carboxylic acid groups (broad SMARTS) is 1. The van der Waals surface area contributed by atoms with Crippen LogP contribution in [0.15, 0.2) is 54.9 Å². The second-order valence-corrected chi connectivity index (χ2v) is 8.78. The molecule has 0 atom stereocenters. The molecule has 0 radical (unpaired) electrons. The minimum Gasteiger partial charge on any atom is -0.478 e. The number of hydrogen-bond acceptors (Lipinski definition) is 7. The van der Waals surface area contributed by atoms with Crippen LogP contribution in [0.5, 0.6) is 0 Å². The smallest absolute Gasteiger partial charge is 0.335 e. The molecule has 1 aliphatic rings. The van der Waals surface area contributed by atoms with Crippen LogP contribution in [0, 0.1) is 0 Å². The highest BCUT2D eigenvalue weighted by Crippen LogP contribution is 2.28. The number of aromatic nitrogens is 2. The van der Waals surface area contributed by atoms with Gasteiger partial charge in [-0.25, -0.2) is 14.8 Å². The van der Waals surface area contributed by atoms with Crippen LogP contribution < -0.4 is 15.5 Å². The third kappa shape index (κ3) is 7.23. The predicted octanol–water partition coefficient (Wildman–Crippen LogP) is 3.58. The Labute approximate surface area is 233 Å². The number of benzene rings is 2. The van der Waals surface area contributed by atoms with Crippen LogP contribution in [0.25, 0.3) is 11.1 Å². The summed E-state index contributed by atoms with van der Waals surface area (Å²) in [6.07, 6.45) is 3.62. The van der Waals surface area contributed by atoms with Gasteiger partial charge >= 0.3 is 5.97 Å². The third-order valence-electron chi connectivity index (χ3n) is 6.02. The van der Waals surface area contributed by atoms with E-state index in [1.54, 1.807) is 24.1 Å². The molecule has 37 heavy (non-hydrogen) atoms. The number of amides is 1. The molecule has 0 unspecified atom stereocenters. The lowest BCUT2D eigenvalue weighted by molar-refractivity contribution is -0.128. The Hall–Kier alpha value is -3.11. The van der Waals surface area contributed by atoms with Crippen molar-refractivity contribution < 1.29 is 14.7 Å². The SMILES string of the molecule is CN(Cc1cccc(-c2cnc(N3CCN(c4ccc(C(=O)O)cc4Cl)CC3)nc2)c1)C(=O)CN.Cl.Cl. The van der Waals surface area contributed by atoms with Gasteiger partial charge in [0.05, 0.1) is 22.8 Å². The van der Waals surface area contributed by atoms with E-state index in [1.165, 1.54) is 6.07 Å². The van der Waals surface area contributed by atoms with Crippen molar-refractivity contribution in [1.82, 2.24) is 14.9 Å². The maximum absolute atomic E-state index is 11.8. The van der Waals surface area contributed by atoms with Crippen molar-refractivity contribution in [2.75, 3.05) is 49.6 Å². The first kappa shape index (κ1) is 30.1. The molecule has 3 aromatic rings. The van der Waals surface area contributed by atoms with Crippen LogP contribution in [-0.2, 0) is 11.3 Å². The van der Waals surface area contributed by atoms with Gasteiger partial charge in [0, 0.05) is 57.7 Å². The van der Waals surface area contributed by atoms with Gasteiger partial charge in [-0.1, -0.05) is 29.8 Å². The first-order valence-electron chi connectivity index (χ1n) is 11.2. The van der Waals surface area contributed by atoms with Gasteiger partial charge in [0.15, 0.2) is 0 Å². The van der Waals surface area contributed by atoms with Crippen molar-refractivity contribution in [3.8, 4) is 11.1 Å². The Morgan fingerprint density at radius 1 is 1.00 bits per heavy atom. The van der Waals surface area contributed by atoms with Crippen molar-refractivity contribution in [3.05, 3.63) is 71.0 Å². The molecule has 4 rings (SSSR count). The molecule has 198 valence electrons. The molecular weight excluding hydrogens is 539 g/mol. The summed E-state index contributed by atoms with van der Waals surface area (Å²) in [6.45, 7) is 3.34. The van der Waals surface area contributed by atoms with E-state index in [0.717, 1.165) is 22.4 Å². The van der Waals surface area contributed by atoms with Crippen molar-refractivity contribution in [2.45, 2.75) is 6.54 Å². The largest absolute Gasteiger partial charge is 0.478 e. The summed E-state index contributed by atoms with van der Waals surface area (Å²) in [6, 6.07) is 12.7. The number of nitrogens with two attached hydrogens (primary N) is 1. The standard InChI is InChI=1S/C25H27ClN6O3.2ClH/c1-30(23(33)13-27)16-17-3-2-4-18(11-17)20-14-28-25(29-15-20)32-9-7-31(8-10-32)22-6-5-19(24(34)35)12-21(22)26;;/h2-6,11-12,14-15H,7-10,13,16,27H2,1H3,(H,34,35);2*1H. The van der Waals surface area contributed by atoms with E-state index in [-0.39, 0.29) is 42.8 Å². The number of likely N-dealkylation sites (N-methyl/N-ethyl adjacent to an activating group) is 1. The lowest BCUT2D eigenvalue weighted by Gasteiger charge is -2.36. The maximum Gasteiger partial charge on any atom is 0.335 e. The van der Waals surface area contributed by atoms with Gasteiger partial charge in [-0.15, -0.1) is 24.8 Å². The number of carboxylic acids is 1. The lowest BCUT2D eigenvalue weighted by atomic mass is 10.1. The molecule has 2 heterocycles. The van der Waals surface area contributed by atoms with E-state index in [2.05, 4.69) is 19.8 Å². The average Bonchev–Trinajstić information content (AvgIpc) is 2.88. The zero-order valence-electron chi connectivity index (χ0n) is 20.2. The number of piperazine rings is 1. The van der Waals surface area contributed by atoms with Crippen molar-refractivity contribution in [1.29, 1.82) is 0 Å². The normalized spacial score (nSPS) is 12.8. The van der Waals surface area contributed by atoms with Crippen LogP contribution >= 0.6 is 36.4 Å². The highest BCUT2D eigenvalue weighted by atomic mass is 35.5. The van der Waals surface area contributed by atoms with Gasteiger partial charge in [-0.2, -0.15) is 0 Å². The first-order valence-corrected chi connectivity index (χ1v) is 11.6. The second kappa shape index (κ2) is 13.4. The summed E-state index contributed by atoms with van der Waals surface area (Å²) in [4.78, 5) is 37.9. The fourth-order valence-electron chi connectivity index (χ4n) is 4.04. The van der Waals surface area contributed by atoms with Gasteiger partial charge < -0.3 is 25.5 Å². The van der Waals surface area contributed by atoms with Crippen LogP contribution in [0.1, 0.15) is 15.9 Å². The summed E-state index contributed by atoms with van der Waals surface area (Å²) in [5.41, 5.74) is 9.32. The molecule has 1 saturated heterocycles. The Kier molecular flexibility index (Phi) is 10.9. The molecule has 1 aliphatic heterocycles. The Balaban J connectivity index is 0.00000241. The molecular formula is C25H29Cl3N6O3. The van der Waals surface area contributed by atoms with Crippen molar-refractivity contribution >= 4 is 59.9 Å². The molecule has 0 bridgehead atoms. The lowest BCUT2D eigenvalue weighted by Crippen LogP contribution is -2.47. The molecule has 9 nitrogen and oxygen atoms in total. The van der Waals surface area contributed by atoms with Crippen LogP contribution in [0.2, 0.25) is 5.02 Å². The van der Waals surface area contributed by atoms with Crippen LogP contribution in [0.3, 0.4) is 0 Å². The molecule has 1 aromatic heterocycles. The number of rotatable bonds is 7. The van der Waals surface area contributed by atoms with Crippen LogP contribution in [-0.4, -0.2) is 71.6 Å². The van der Waals surface area contributed by atoms with E-state index in [0.29, 0.717) is 43.7 Å². The van der Waals surface area contributed by atoms with Crippen molar-refractivity contribution in [2.24, 2.45) is 5.73 Å². The fourth-order valence-corrected chi connectivity index (χ4v) is 4.34. The van der Waals surface area contributed by atoms with E-state index in [4.69, 9.17) is 22.4 Å². The Bertz CT molecular complexity index is 1220. The number of anilines is 2.